The Morgan fingerprint density at radius 3 is 2.24 bits per heavy atom. The molecule has 4 rings (SSSR count). The molecule has 1 aliphatic rings. The lowest BCUT2D eigenvalue weighted by Crippen LogP contribution is -2.18. The number of halogens is 5. The predicted octanol–water partition coefficient (Wildman–Crippen LogP) is 7.02. The third-order valence-corrected chi connectivity index (χ3v) is 7.33. The summed E-state index contributed by atoms with van der Waals surface area (Å²) in [6, 6.07) is 16.0. The number of nitrogens with one attached hydrogen (secondary N) is 2. The maximum atomic E-state index is 13.0. The van der Waals surface area contributed by atoms with E-state index < -0.39 is 34.1 Å². The molecule has 0 bridgehead atoms. The van der Waals surface area contributed by atoms with E-state index in [0.717, 1.165) is 0 Å². The molecule has 2 atom stereocenters. The zero-order chi connectivity index (χ0) is 26.9. The molecule has 37 heavy (non-hydrogen) atoms. The normalized spacial score (nSPS) is 17.5. The van der Waals surface area contributed by atoms with Gasteiger partial charge in [0, 0.05) is 27.3 Å². The Labute approximate surface area is 237 Å². The summed E-state index contributed by atoms with van der Waals surface area (Å²) in [6.07, 6.45) is -0.908. The van der Waals surface area contributed by atoms with E-state index >= 15 is 0 Å². The van der Waals surface area contributed by atoms with Gasteiger partial charge in [-0.25, -0.2) is 4.79 Å². The molecule has 192 valence electrons. The van der Waals surface area contributed by atoms with Crippen molar-refractivity contribution >= 4 is 87.3 Å². The largest absolute Gasteiger partial charge is 0.445 e. The summed E-state index contributed by atoms with van der Waals surface area (Å²) >= 11 is 31.3. The highest BCUT2D eigenvalue weighted by molar-refractivity contribution is 6.53. The maximum absolute atomic E-state index is 13.0. The number of ether oxygens (including phenoxy) is 1. The monoisotopic (exact) mass is 599 g/mol. The second kappa shape index (κ2) is 11.0. The van der Waals surface area contributed by atoms with E-state index in [2.05, 4.69) is 10.6 Å². The van der Waals surface area contributed by atoms with Crippen LogP contribution in [0.2, 0.25) is 15.1 Å². The van der Waals surface area contributed by atoms with Crippen molar-refractivity contribution < 1.29 is 19.1 Å². The second-order valence-corrected chi connectivity index (χ2v) is 11.0. The van der Waals surface area contributed by atoms with Crippen molar-refractivity contribution in [2.75, 3.05) is 10.6 Å². The van der Waals surface area contributed by atoms with Gasteiger partial charge in [-0.15, -0.1) is 23.2 Å². The molecule has 1 fully saturated rings. The van der Waals surface area contributed by atoms with Gasteiger partial charge in [0.2, 0.25) is 5.91 Å². The minimum Gasteiger partial charge on any atom is -0.445 e. The van der Waals surface area contributed by atoms with E-state index in [4.69, 9.17) is 68.5 Å². The highest BCUT2D eigenvalue weighted by Gasteiger charge is 2.67. The van der Waals surface area contributed by atoms with Crippen LogP contribution in [-0.2, 0) is 16.1 Å². The Morgan fingerprint density at radius 1 is 0.892 bits per heavy atom. The SMILES string of the molecule is NC(=O)OCc1cccc(NC(=O)c2cc(NC(=O)C3C(c4cc(Cl)cc(Cl)c4)C3(Cl)Cl)ccc2Cl)c1. The number of carbonyl (C=O) groups is 3. The van der Waals surface area contributed by atoms with Gasteiger partial charge < -0.3 is 21.1 Å². The number of primary amides is 1. The first kappa shape index (κ1) is 27.4. The van der Waals surface area contributed by atoms with Crippen molar-refractivity contribution in [2.24, 2.45) is 11.7 Å². The summed E-state index contributed by atoms with van der Waals surface area (Å²) < 4.78 is 3.41. The molecule has 0 spiro atoms. The van der Waals surface area contributed by atoms with E-state index in [1.807, 2.05) is 0 Å². The molecule has 2 unspecified atom stereocenters. The van der Waals surface area contributed by atoms with Crippen LogP contribution in [-0.4, -0.2) is 22.2 Å². The molecule has 0 radical (unpaired) electrons. The van der Waals surface area contributed by atoms with Crippen LogP contribution in [0, 0.1) is 5.92 Å². The number of amides is 3. The number of nitrogens with two attached hydrogens (primary N) is 1. The molecule has 1 aliphatic carbocycles. The van der Waals surface area contributed by atoms with Crippen LogP contribution >= 0.6 is 58.0 Å². The van der Waals surface area contributed by atoms with Gasteiger partial charge in [-0.2, -0.15) is 0 Å². The van der Waals surface area contributed by atoms with Gasteiger partial charge in [-0.05, 0) is 59.7 Å². The van der Waals surface area contributed by atoms with Crippen LogP contribution in [0.15, 0.2) is 60.7 Å². The first-order chi connectivity index (χ1) is 17.5. The molecule has 3 aromatic rings. The van der Waals surface area contributed by atoms with Gasteiger partial charge in [-0.3, -0.25) is 9.59 Å². The van der Waals surface area contributed by atoms with E-state index in [0.29, 0.717) is 32.5 Å². The number of hydrogen-bond acceptors (Lipinski definition) is 4. The fourth-order valence-electron chi connectivity index (χ4n) is 3.91. The molecule has 0 aliphatic heterocycles. The van der Waals surface area contributed by atoms with Gasteiger partial charge in [0.25, 0.3) is 5.91 Å². The quantitative estimate of drug-likeness (QED) is 0.253. The average molecular weight is 602 g/mol. The molecule has 7 nitrogen and oxygen atoms in total. The molecule has 3 aromatic carbocycles. The van der Waals surface area contributed by atoms with Crippen LogP contribution in [0.4, 0.5) is 16.2 Å². The van der Waals surface area contributed by atoms with Crippen molar-refractivity contribution in [3.05, 3.63) is 92.4 Å². The van der Waals surface area contributed by atoms with Crippen LogP contribution in [0.1, 0.15) is 27.4 Å². The molecule has 0 aromatic heterocycles. The third-order valence-electron chi connectivity index (χ3n) is 5.62. The number of benzene rings is 3. The number of anilines is 2. The lowest BCUT2D eigenvalue weighted by atomic mass is 10.1. The first-order valence-electron chi connectivity index (χ1n) is 10.7. The first-order valence-corrected chi connectivity index (χ1v) is 12.6. The molecule has 0 saturated heterocycles. The molecule has 1 saturated carbocycles. The number of alkyl halides is 2. The van der Waals surface area contributed by atoms with E-state index in [1.165, 1.54) is 12.1 Å². The van der Waals surface area contributed by atoms with Gasteiger partial charge in [-0.1, -0.05) is 46.9 Å². The summed E-state index contributed by atoms with van der Waals surface area (Å²) in [7, 11) is 0. The Kier molecular flexibility index (Phi) is 8.11. The molecular formula is C25H18Cl5N3O4. The summed E-state index contributed by atoms with van der Waals surface area (Å²) in [6.45, 7) is -0.0481. The van der Waals surface area contributed by atoms with E-state index in [1.54, 1.807) is 48.5 Å². The Bertz CT molecular complexity index is 1380. The molecule has 4 N–H and O–H groups in total. The molecule has 0 heterocycles. The molecule has 3 amide bonds. The van der Waals surface area contributed by atoms with Crippen molar-refractivity contribution in [3.63, 3.8) is 0 Å². The fraction of sp³-hybridized carbons (Fsp3) is 0.160. The Balaban J connectivity index is 1.47. The minimum absolute atomic E-state index is 0.0481. The Morgan fingerprint density at radius 2 is 1.57 bits per heavy atom. The topological polar surface area (TPSA) is 111 Å². The van der Waals surface area contributed by atoms with Crippen molar-refractivity contribution in [1.82, 2.24) is 0 Å². The summed E-state index contributed by atoms with van der Waals surface area (Å²) in [5, 5.41) is 6.43. The van der Waals surface area contributed by atoms with Crippen LogP contribution in [0.5, 0.6) is 0 Å². The van der Waals surface area contributed by atoms with Crippen molar-refractivity contribution in [2.45, 2.75) is 16.9 Å². The van der Waals surface area contributed by atoms with Gasteiger partial charge in [0.15, 0.2) is 0 Å². The van der Waals surface area contributed by atoms with E-state index in [9.17, 15) is 14.4 Å². The number of carbonyl (C=O) groups excluding carboxylic acids is 3. The summed E-state index contributed by atoms with van der Waals surface area (Å²) in [5.74, 6) is -2.26. The second-order valence-electron chi connectivity index (χ2n) is 8.28. The fourth-order valence-corrected chi connectivity index (χ4v) is 5.49. The highest BCUT2D eigenvalue weighted by Crippen LogP contribution is 2.65. The zero-order valence-electron chi connectivity index (χ0n) is 18.7. The molecular weight excluding hydrogens is 584 g/mol. The van der Waals surface area contributed by atoms with Crippen LogP contribution in [0.25, 0.3) is 0 Å². The standard InChI is InChI=1S/C25H18Cl5N3O4/c26-14-7-13(8-15(27)9-14)20-21(25(20,29)30)23(35)33-17-4-5-19(28)18(10-17)22(34)32-16-3-1-2-12(6-16)11-37-24(31)36/h1-10,20-21H,11H2,(H2,31,36)(H,32,34)(H,33,35). The zero-order valence-corrected chi connectivity index (χ0v) is 22.5. The third kappa shape index (κ3) is 6.43. The predicted molar refractivity (Wildman–Crippen MR) is 146 cm³/mol. The summed E-state index contributed by atoms with van der Waals surface area (Å²) in [5.41, 5.74) is 7.13. The van der Waals surface area contributed by atoms with Gasteiger partial charge in [0.05, 0.1) is 16.5 Å². The van der Waals surface area contributed by atoms with Crippen molar-refractivity contribution in [3.8, 4) is 0 Å². The molecule has 12 heteroatoms. The number of hydrogen-bond donors (Lipinski definition) is 3. The summed E-state index contributed by atoms with van der Waals surface area (Å²) in [4.78, 5) is 36.8. The van der Waals surface area contributed by atoms with Crippen LogP contribution in [0.3, 0.4) is 0 Å². The van der Waals surface area contributed by atoms with Gasteiger partial charge >= 0.3 is 6.09 Å². The highest BCUT2D eigenvalue weighted by atomic mass is 35.5. The minimum atomic E-state index is -1.35. The van der Waals surface area contributed by atoms with Gasteiger partial charge in [0.1, 0.15) is 10.9 Å². The smallest absolute Gasteiger partial charge is 0.404 e. The average Bonchev–Trinajstić information content (AvgIpc) is 3.40. The van der Waals surface area contributed by atoms with Crippen LogP contribution < -0.4 is 16.4 Å². The maximum Gasteiger partial charge on any atom is 0.404 e. The van der Waals surface area contributed by atoms with Crippen molar-refractivity contribution in [1.29, 1.82) is 0 Å². The Hall–Kier alpha value is -2.68. The lowest BCUT2D eigenvalue weighted by molar-refractivity contribution is -0.117. The number of rotatable bonds is 7. The van der Waals surface area contributed by atoms with E-state index in [-0.39, 0.29) is 17.2 Å². The lowest BCUT2D eigenvalue weighted by Gasteiger charge is -2.11.